The first kappa shape index (κ1) is 18.7. The maximum atomic E-state index is 12.7. The molecular weight excluding hydrogens is 294 g/mol. The van der Waals surface area contributed by atoms with Gasteiger partial charge in [-0.2, -0.15) is 5.26 Å². The molecule has 0 saturated heterocycles. The number of rotatable bonds is 2. The summed E-state index contributed by atoms with van der Waals surface area (Å²) < 4.78 is 0. The molecule has 0 aromatic heterocycles. The topological polar surface area (TPSA) is 40.9 Å². The molecule has 2 heteroatoms. The third-order valence-electron chi connectivity index (χ3n) is 6.26. The van der Waals surface area contributed by atoms with Crippen LogP contribution in [0.15, 0.2) is 34.9 Å². The van der Waals surface area contributed by atoms with Gasteiger partial charge in [-0.15, -0.1) is 0 Å². The van der Waals surface area contributed by atoms with Crippen LogP contribution in [0.1, 0.15) is 67.7 Å². The average molecular weight is 325 g/mol. The SMILES string of the molecule is CC/C=C(C)\C=C1/C(C)(C)CCC2C(C)(C)C(=O)C(C#N)=CC12C. The number of fused-ring (bicyclic) bond motifs is 1. The predicted octanol–water partition coefficient (Wildman–Crippen LogP) is 5.77. The van der Waals surface area contributed by atoms with Crippen LogP contribution in [0.4, 0.5) is 0 Å². The fourth-order valence-electron chi connectivity index (χ4n) is 5.06. The number of Topliss-reactive ketones (excluding diaryl/α,β-unsaturated/α-hetero) is 1. The maximum absolute atomic E-state index is 12.7. The number of carbonyl (C=O) groups excluding carboxylic acids is 1. The summed E-state index contributed by atoms with van der Waals surface area (Å²) in [7, 11) is 0. The quantitative estimate of drug-likeness (QED) is 0.646. The number of carbonyl (C=O) groups is 1. The van der Waals surface area contributed by atoms with Crippen molar-refractivity contribution in [2.45, 2.75) is 67.7 Å². The number of nitrogens with zero attached hydrogens (tertiary/aromatic N) is 1. The van der Waals surface area contributed by atoms with E-state index in [-0.39, 0.29) is 22.5 Å². The van der Waals surface area contributed by atoms with Crippen molar-refractivity contribution in [3.8, 4) is 6.07 Å². The molecular formula is C22H31NO. The standard InChI is InChI=1S/C22H31NO/c1-8-9-15(2)12-18-20(3,4)11-10-17-21(5,6)19(24)16(14-23)13-22(17,18)7/h9,12-13,17H,8,10-11H2,1-7H3/b15-9-,18-12+. The summed E-state index contributed by atoms with van der Waals surface area (Å²) in [6.07, 6.45) is 9.63. The zero-order valence-electron chi connectivity index (χ0n) is 16.3. The van der Waals surface area contributed by atoms with Crippen LogP contribution < -0.4 is 0 Å². The summed E-state index contributed by atoms with van der Waals surface area (Å²) in [5, 5.41) is 9.51. The lowest BCUT2D eigenvalue weighted by atomic mass is 9.46. The second-order valence-electron chi connectivity index (χ2n) is 8.89. The Kier molecular flexibility index (Phi) is 4.70. The molecule has 2 aliphatic carbocycles. The summed E-state index contributed by atoms with van der Waals surface area (Å²) in [5.41, 5.74) is 2.30. The number of ketones is 1. The van der Waals surface area contributed by atoms with Crippen molar-refractivity contribution < 1.29 is 4.79 Å². The molecule has 0 heterocycles. The lowest BCUT2D eigenvalue weighted by Crippen LogP contribution is -2.52. The molecule has 2 nitrogen and oxygen atoms in total. The molecule has 24 heavy (non-hydrogen) atoms. The van der Waals surface area contributed by atoms with Crippen LogP contribution in [0.2, 0.25) is 0 Å². The monoisotopic (exact) mass is 325 g/mol. The van der Waals surface area contributed by atoms with Gasteiger partial charge in [-0.05, 0) is 37.5 Å². The van der Waals surface area contributed by atoms with Gasteiger partial charge in [-0.25, -0.2) is 0 Å². The van der Waals surface area contributed by atoms with Crippen LogP contribution in [0, 0.1) is 33.5 Å². The molecule has 0 aromatic carbocycles. The molecule has 1 fully saturated rings. The van der Waals surface area contributed by atoms with E-state index >= 15 is 0 Å². The van der Waals surface area contributed by atoms with Crippen LogP contribution >= 0.6 is 0 Å². The molecule has 2 atom stereocenters. The van der Waals surface area contributed by atoms with Crippen molar-refractivity contribution >= 4 is 5.78 Å². The van der Waals surface area contributed by atoms with Crippen LogP contribution in [-0.4, -0.2) is 5.78 Å². The van der Waals surface area contributed by atoms with Gasteiger partial charge in [0, 0.05) is 10.8 Å². The van der Waals surface area contributed by atoms with E-state index in [4.69, 9.17) is 0 Å². The van der Waals surface area contributed by atoms with E-state index in [9.17, 15) is 10.1 Å². The maximum Gasteiger partial charge on any atom is 0.178 e. The van der Waals surface area contributed by atoms with Gasteiger partial charge in [0.15, 0.2) is 5.78 Å². The van der Waals surface area contributed by atoms with Gasteiger partial charge in [0.2, 0.25) is 0 Å². The lowest BCUT2D eigenvalue weighted by Gasteiger charge is -2.56. The highest BCUT2D eigenvalue weighted by molar-refractivity contribution is 6.04. The van der Waals surface area contributed by atoms with Crippen molar-refractivity contribution in [3.05, 3.63) is 34.9 Å². The molecule has 0 amide bonds. The Hall–Kier alpha value is -1.62. The van der Waals surface area contributed by atoms with Crippen molar-refractivity contribution in [2.24, 2.45) is 22.2 Å². The summed E-state index contributed by atoms with van der Waals surface area (Å²) >= 11 is 0. The third-order valence-corrected chi connectivity index (χ3v) is 6.26. The predicted molar refractivity (Wildman–Crippen MR) is 99.2 cm³/mol. The summed E-state index contributed by atoms with van der Waals surface area (Å²) in [6, 6.07) is 2.16. The van der Waals surface area contributed by atoms with E-state index in [1.165, 1.54) is 11.1 Å². The normalized spacial score (nSPS) is 33.7. The largest absolute Gasteiger partial charge is 0.293 e. The highest BCUT2D eigenvalue weighted by atomic mass is 16.1. The number of allylic oxidation sites excluding steroid dienone is 6. The highest BCUT2D eigenvalue weighted by Crippen LogP contribution is 2.62. The van der Waals surface area contributed by atoms with Crippen LogP contribution in [0.5, 0.6) is 0 Å². The van der Waals surface area contributed by atoms with Gasteiger partial charge in [-0.1, -0.05) is 70.9 Å². The van der Waals surface area contributed by atoms with Gasteiger partial charge in [0.1, 0.15) is 6.07 Å². The summed E-state index contributed by atoms with van der Waals surface area (Å²) in [6.45, 7) is 15.2. The van der Waals surface area contributed by atoms with E-state index in [0.717, 1.165) is 19.3 Å². The minimum atomic E-state index is -0.494. The van der Waals surface area contributed by atoms with Gasteiger partial charge < -0.3 is 0 Å². The van der Waals surface area contributed by atoms with Crippen molar-refractivity contribution in [3.63, 3.8) is 0 Å². The zero-order chi connectivity index (χ0) is 18.3. The van der Waals surface area contributed by atoms with Crippen LogP contribution in [0.3, 0.4) is 0 Å². The minimum absolute atomic E-state index is 0.00681. The number of hydrogen-bond acceptors (Lipinski definition) is 2. The Morgan fingerprint density at radius 3 is 2.50 bits per heavy atom. The van der Waals surface area contributed by atoms with Gasteiger partial charge in [0.25, 0.3) is 0 Å². The van der Waals surface area contributed by atoms with E-state index in [1.54, 1.807) is 0 Å². The Morgan fingerprint density at radius 1 is 1.33 bits per heavy atom. The van der Waals surface area contributed by atoms with Crippen LogP contribution in [-0.2, 0) is 4.79 Å². The first-order valence-corrected chi connectivity index (χ1v) is 9.08. The zero-order valence-corrected chi connectivity index (χ0v) is 16.3. The lowest BCUT2D eigenvalue weighted by molar-refractivity contribution is -0.130. The number of nitriles is 1. The summed E-state index contributed by atoms with van der Waals surface area (Å²) in [5.74, 6) is 0.246. The van der Waals surface area contributed by atoms with Crippen molar-refractivity contribution in [1.29, 1.82) is 5.26 Å². The molecule has 130 valence electrons. The van der Waals surface area contributed by atoms with E-state index in [1.807, 2.05) is 19.9 Å². The molecule has 0 spiro atoms. The molecule has 0 aromatic rings. The number of hydrogen-bond donors (Lipinski definition) is 0. The second-order valence-corrected chi connectivity index (χ2v) is 8.89. The second kappa shape index (κ2) is 6.03. The van der Waals surface area contributed by atoms with Gasteiger partial charge in [-0.3, -0.25) is 4.79 Å². The molecule has 2 rings (SSSR count). The molecule has 2 unspecified atom stereocenters. The molecule has 1 saturated carbocycles. The fraction of sp³-hybridized carbons (Fsp3) is 0.636. The first-order valence-electron chi connectivity index (χ1n) is 9.08. The molecule has 0 radical (unpaired) electrons. The Balaban J connectivity index is 2.73. The van der Waals surface area contributed by atoms with E-state index in [0.29, 0.717) is 5.57 Å². The minimum Gasteiger partial charge on any atom is -0.293 e. The van der Waals surface area contributed by atoms with Crippen molar-refractivity contribution in [2.75, 3.05) is 0 Å². The molecule has 0 N–H and O–H groups in total. The van der Waals surface area contributed by atoms with E-state index < -0.39 is 5.41 Å². The highest BCUT2D eigenvalue weighted by Gasteiger charge is 2.57. The fourth-order valence-corrected chi connectivity index (χ4v) is 5.06. The average Bonchev–Trinajstić information content (AvgIpc) is 2.47. The molecule has 0 bridgehead atoms. The molecule has 2 aliphatic rings. The van der Waals surface area contributed by atoms with Gasteiger partial charge in [0.05, 0.1) is 5.57 Å². The Bertz CT molecular complexity index is 681. The first-order chi connectivity index (χ1) is 11.0. The van der Waals surface area contributed by atoms with E-state index in [2.05, 4.69) is 52.8 Å². The third kappa shape index (κ3) is 2.79. The Labute approximate surface area is 147 Å². The smallest absolute Gasteiger partial charge is 0.178 e. The Morgan fingerprint density at radius 2 is 1.96 bits per heavy atom. The van der Waals surface area contributed by atoms with Crippen molar-refractivity contribution in [1.82, 2.24) is 0 Å². The molecule has 0 aliphatic heterocycles. The van der Waals surface area contributed by atoms with Crippen LogP contribution in [0.25, 0.3) is 0 Å². The van der Waals surface area contributed by atoms with Gasteiger partial charge >= 0.3 is 0 Å². The summed E-state index contributed by atoms with van der Waals surface area (Å²) in [4.78, 5) is 12.7.